The van der Waals surface area contributed by atoms with Gasteiger partial charge in [0.15, 0.2) is 0 Å². The number of anilines is 1. The zero-order chi connectivity index (χ0) is 30.2. The highest BCUT2D eigenvalue weighted by atomic mass is 79.9. The number of hydrogen-bond donors (Lipinski definition) is 1. The highest BCUT2D eigenvalue weighted by molar-refractivity contribution is 9.10. The molecule has 1 N–H and O–H groups in total. The average molecular weight is 643 g/mol. The average Bonchev–Trinajstić information content (AvgIpc) is 2.91. The van der Waals surface area contributed by atoms with Crippen LogP contribution in [0.1, 0.15) is 50.8 Å². The van der Waals surface area contributed by atoms with Crippen LogP contribution < -0.4 is 9.62 Å². The Kier molecular flexibility index (Phi) is 11.2. The van der Waals surface area contributed by atoms with Gasteiger partial charge in [-0.1, -0.05) is 98.2 Å². The minimum atomic E-state index is -3.82. The van der Waals surface area contributed by atoms with Crippen molar-refractivity contribution in [2.24, 2.45) is 0 Å². The van der Waals surface area contributed by atoms with Crippen molar-refractivity contribution in [2.75, 3.05) is 23.7 Å². The van der Waals surface area contributed by atoms with Crippen LogP contribution in [-0.2, 0) is 38.0 Å². The Bertz CT molecular complexity index is 1420. The smallest absolute Gasteiger partial charge is 0.244 e. The van der Waals surface area contributed by atoms with E-state index in [9.17, 15) is 18.0 Å². The summed E-state index contributed by atoms with van der Waals surface area (Å²) >= 11 is 3.49. The molecule has 7 nitrogen and oxygen atoms in total. The van der Waals surface area contributed by atoms with Crippen molar-refractivity contribution in [2.45, 2.75) is 58.5 Å². The number of carbonyl (C=O) groups is 2. The summed E-state index contributed by atoms with van der Waals surface area (Å²) in [5, 5.41) is 2.95. The lowest BCUT2D eigenvalue weighted by molar-refractivity contribution is -0.140. The number of nitrogens with zero attached hydrogens (tertiary/aromatic N) is 2. The molecule has 3 aromatic rings. The molecule has 1 atom stereocenters. The molecule has 0 fully saturated rings. The summed E-state index contributed by atoms with van der Waals surface area (Å²) in [7, 11) is -3.82. The van der Waals surface area contributed by atoms with Gasteiger partial charge in [0, 0.05) is 24.0 Å². The molecule has 0 aromatic heterocycles. The first-order valence-corrected chi connectivity index (χ1v) is 16.4. The molecule has 0 bridgehead atoms. The van der Waals surface area contributed by atoms with Gasteiger partial charge >= 0.3 is 0 Å². The normalized spacial score (nSPS) is 12.4. The van der Waals surface area contributed by atoms with Gasteiger partial charge in [-0.25, -0.2) is 8.42 Å². The predicted molar refractivity (Wildman–Crippen MR) is 169 cm³/mol. The number of rotatable bonds is 12. The number of halogens is 1. The minimum absolute atomic E-state index is 0.110. The number of carbonyl (C=O) groups excluding carboxylic acids is 2. The molecule has 0 radical (unpaired) electrons. The molecule has 0 saturated carbocycles. The van der Waals surface area contributed by atoms with Gasteiger partial charge in [-0.15, -0.1) is 0 Å². The number of sulfonamides is 1. The lowest BCUT2D eigenvalue weighted by Gasteiger charge is -2.33. The van der Waals surface area contributed by atoms with Crippen LogP contribution in [0.25, 0.3) is 0 Å². The maximum Gasteiger partial charge on any atom is 0.244 e. The molecule has 3 rings (SSSR count). The summed E-state index contributed by atoms with van der Waals surface area (Å²) in [6, 6.07) is 23.4. The third kappa shape index (κ3) is 9.43. The molecule has 0 spiro atoms. The summed E-state index contributed by atoms with van der Waals surface area (Å²) in [6.07, 6.45) is 2.12. The standard InChI is InChI=1S/C32H40BrN3O4S/c1-6-19-34-31(38)29(21-24-11-8-7-9-12-24)35(22-25-13-10-14-27(33)20-25)30(37)23-36(41(5,39)40)28-17-15-26(16-18-28)32(2,3)4/h7-18,20,29H,6,19,21-23H2,1-5H3,(H,34,38)/t29-/m1/s1. The van der Waals surface area contributed by atoms with E-state index in [1.165, 1.54) is 4.90 Å². The van der Waals surface area contributed by atoms with E-state index in [4.69, 9.17) is 0 Å². The van der Waals surface area contributed by atoms with E-state index < -0.39 is 28.5 Å². The summed E-state index contributed by atoms with van der Waals surface area (Å²) in [6.45, 7) is 8.37. The third-order valence-electron chi connectivity index (χ3n) is 6.76. The highest BCUT2D eigenvalue weighted by Gasteiger charge is 2.33. The summed E-state index contributed by atoms with van der Waals surface area (Å²) in [5.41, 5.74) is 3.05. The first kappa shape index (κ1) is 32.3. The largest absolute Gasteiger partial charge is 0.354 e. The van der Waals surface area contributed by atoms with Gasteiger partial charge in [0.05, 0.1) is 11.9 Å². The molecule has 0 heterocycles. The molecule has 0 aliphatic carbocycles. The molecule has 0 aliphatic rings. The van der Waals surface area contributed by atoms with Crippen molar-refractivity contribution in [1.82, 2.24) is 10.2 Å². The third-order valence-corrected chi connectivity index (χ3v) is 8.40. The topological polar surface area (TPSA) is 86.8 Å². The Morgan fingerprint density at radius 1 is 0.927 bits per heavy atom. The Labute approximate surface area is 253 Å². The van der Waals surface area contributed by atoms with Crippen LogP contribution in [0.15, 0.2) is 83.3 Å². The molecule has 9 heteroatoms. The highest BCUT2D eigenvalue weighted by Crippen LogP contribution is 2.26. The quantitative estimate of drug-likeness (QED) is 0.276. The summed E-state index contributed by atoms with van der Waals surface area (Å²) in [5.74, 6) is -0.748. The Morgan fingerprint density at radius 2 is 1.56 bits per heavy atom. The Hall–Kier alpha value is -3.17. The van der Waals surface area contributed by atoms with Crippen molar-refractivity contribution in [1.29, 1.82) is 0 Å². The molecule has 0 aliphatic heterocycles. The van der Waals surface area contributed by atoms with Crippen LogP contribution >= 0.6 is 15.9 Å². The number of benzene rings is 3. The fraction of sp³-hybridized carbons (Fsp3) is 0.375. The van der Waals surface area contributed by atoms with Crippen molar-refractivity contribution in [3.8, 4) is 0 Å². The van der Waals surface area contributed by atoms with Gasteiger partial charge in [-0.3, -0.25) is 13.9 Å². The van der Waals surface area contributed by atoms with Crippen molar-refractivity contribution in [3.63, 3.8) is 0 Å². The van der Waals surface area contributed by atoms with Gasteiger partial charge in [0.25, 0.3) is 0 Å². The van der Waals surface area contributed by atoms with E-state index >= 15 is 0 Å². The number of hydrogen-bond acceptors (Lipinski definition) is 4. The SMILES string of the molecule is CCCNC(=O)[C@@H](Cc1ccccc1)N(Cc1cccc(Br)c1)C(=O)CN(c1ccc(C(C)(C)C)cc1)S(C)(=O)=O. The molecule has 3 aromatic carbocycles. The minimum Gasteiger partial charge on any atom is -0.354 e. The lowest BCUT2D eigenvalue weighted by atomic mass is 9.87. The van der Waals surface area contributed by atoms with Crippen LogP contribution in [0.3, 0.4) is 0 Å². The summed E-state index contributed by atoms with van der Waals surface area (Å²) in [4.78, 5) is 29.2. The van der Waals surface area contributed by atoms with Gasteiger partial charge in [0.1, 0.15) is 12.6 Å². The van der Waals surface area contributed by atoms with Gasteiger partial charge in [-0.05, 0) is 52.8 Å². The van der Waals surface area contributed by atoms with Crippen molar-refractivity contribution >= 4 is 43.5 Å². The Balaban J connectivity index is 2.04. The van der Waals surface area contributed by atoms with Crippen molar-refractivity contribution in [3.05, 3.63) is 100 Å². The molecule has 0 unspecified atom stereocenters. The van der Waals surface area contributed by atoms with Crippen LogP contribution in [0.4, 0.5) is 5.69 Å². The zero-order valence-electron chi connectivity index (χ0n) is 24.4. The number of nitrogens with one attached hydrogen (secondary N) is 1. The van der Waals surface area contributed by atoms with Gasteiger partial charge in [0.2, 0.25) is 21.8 Å². The molecule has 41 heavy (non-hydrogen) atoms. The van der Waals surface area contributed by atoms with Crippen molar-refractivity contribution < 1.29 is 18.0 Å². The van der Waals surface area contributed by atoms with Crippen LogP contribution in [0.5, 0.6) is 0 Å². The Morgan fingerprint density at radius 3 is 2.12 bits per heavy atom. The molecule has 220 valence electrons. The van der Waals surface area contributed by atoms with Crippen LogP contribution in [0, 0.1) is 0 Å². The van der Waals surface area contributed by atoms with Gasteiger partial charge in [-0.2, -0.15) is 0 Å². The van der Waals surface area contributed by atoms with E-state index in [0.717, 1.165) is 38.1 Å². The fourth-order valence-electron chi connectivity index (χ4n) is 4.49. The predicted octanol–water partition coefficient (Wildman–Crippen LogP) is 5.68. The fourth-order valence-corrected chi connectivity index (χ4v) is 5.79. The van der Waals surface area contributed by atoms with E-state index in [0.29, 0.717) is 12.2 Å². The second-order valence-electron chi connectivity index (χ2n) is 11.2. The first-order chi connectivity index (χ1) is 19.3. The molecule has 0 saturated heterocycles. The molecule has 2 amide bonds. The monoisotopic (exact) mass is 641 g/mol. The summed E-state index contributed by atoms with van der Waals surface area (Å²) < 4.78 is 27.9. The second-order valence-corrected chi connectivity index (χ2v) is 14.0. The van der Waals surface area contributed by atoms with Gasteiger partial charge < -0.3 is 10.2 Å². The zero-order valence-corrected chi connectivity index (χ0v) is 26.8. The lowest BCUT2D eigenvalue weighted by Crippen LogP contribution is -2.53. The van der Waals surface area contributed by atoms with Crippen LogP contribution in [-0.4, -0.2) is 50.5 Å². The molecular formula is C32H40BrN3O4S. The first-order valence-electron chi connectivity index (χ1n) is 13.7. The molecular weight excluding hydrogens is 602 g/mol. The van der Waals surface area contributed by atoms with E-state index in [1.807, 2.05) is 73.7 Å². The van der Waals surface area contributed by atoms with E-state index in [-0.39, 0.29) is 24.3 Å². The van der Waals surface area contributed by atoms with Crippen LogP contribution in [0.2, 0.25) is 0 Å². The maximum absolute atomic E-state index is 14.1. The van der Waals surface area contributed by atoms with E-state index in [2.05, 4.69) is 42.0 Å². The second kappa shape index (κ2) is 14.1. The number of amides is 2. The van der Waals surface area contributed by atoms with E-state index in [1.54, 1.807) is 12.1 Å². The maximum atomic E-state index is 14.1.